The van der Waals surface area contributed by atoms with Crippen molar-refractivity contribution in [2.24, 2.45) is 0 Å². The smallest absolute Gasteiger partial charge is 0.222 e. The van der Waals surface area contributed by atoms with E-state index in [4.69, 9.17) is 0 Å². The predicted octanol–water partition coefficient (Wildman–Crippen LogP) is 2.55. The molecule has 4 heteroatoms. The van der Waals surface area contributed by atoms with E-state index in [0.29, 0.717) is 6.04 Å². The van der Waals surface area contributed by atoms with Crippen LogP contribution in [0.15, 0.2) is 48.8 Å². The van der Waals surface area contributed by atoms with Crippen molar-refractivity contribution < 1.29 is 0 Å². The summed E-state index contributed by atoms with van der Waals surface area (Å²) in [5, 5.41) is 3.43. The number of anilines is 1. The maximum Gasteiger partial charge on any atom is 0.222 e. The number of nitrogens with zero attached hydrogens (tertiary/aromatic N) is 3. The quantitative estimate of drug-likeness (QED) is 0.925. The lowest BCUT2D eigenvalue weighted by Crippen LogP contribution is -2.41. The highest BCUT2D eigenvalue weighted by Gasteiger charge is 2.20. The largest absolute Gasteiger partial charge is 0.350 e. The number of piperidine rings is 1. The van der Waals surface area contributed by atoms with Crippen LogP contribution in [0.2, 0.25) is 0 Å². The average Bonchev–Trinajstić information content (AvgIpc) is 2.50. The van der Waals surface area contributed by atoms with Crippen LogP contribution >= 0.6 is 0 Å². The highest BCUT2D eigenvalue weighted by Crippen LogP contribution is 2.15. The van der Waals surface area contributed by atoms with Crippen LogP contribution in [0.1, 0.15) is 18.4 Å². The van der Waals surface area contributed by atoms with Gasteiger partial charge in [-0.15, -0.1) is 0 Å². The highest BCUT2D eigenvalue weighted by atomic mass is 15.2. The van der Waals surface area contributed by atoms with E-state index in [0.717, 1.165) is 19.0 Å². The summed E-state index contributed by atoms with van der Waals surface area (Å²) in [5.74, 6) is 0.735. The van der Waals surface area contributed by atoms with E-state index in [2.05, 4.69) is 50.5 Å². The molecule has 1 fully saturated rings. The molecule has 104 valence electrons. The van der Waals surface area contributed by atoms with E-state index >= 15 is 0 Å². The Kier molecular flexibility index (Phi) is 4.23. The zero-order chi connectivity index (χ0) is 13.6. The Hall–Kier alpha value is -1.94. The maximum atomic E-state index is 4.24. The summed E-state index contributed by atoms with van der Waals surface area (Å²) in [6.45, 7) is 3.24. The third kappa shape index (κ3) is 3.54. The molecule has 1 atom stereocenters. The normalized spacial score (nSPS) is 19.7. The molecule has 1 aliphatic rings. The molecule has 2 aromatic rings. The number of rotatable bonds is 4. The standard InChI is InChI=1S/C16H20N4/c1-2-6-14(7-3-1)12-20-11-4-8-15(13-20)19-16-17-9-5-10-18-16/h1-3,5-7,9-10,15H,4,8,11-13H2,(H,17,18,19). The minimum atomic E-state index is 0.440. The lowest BCUT2D eigenvalue weighted by atomic mass is 10.0. The molecule has 1 aromatic carbocycles. The predicted molar refractivity (Wildman–Crippen MR) is 80.4 cm³/mol. The first-order valence-electron chi connectivity index (χ1n) is 7.20. The van der Waals surface area contributed by atoms with Gasteiger partial charge in [0.25, 0.3) is 0 Å². The van der Waals surface area contributed by atoms with Gasteiger partial charge < -0.3 is 5.32 Å². The lowest BCUT2D eigenvalue weighted by molar-refractivity contribution is 0.208. The maximum absolute atomic E-state index is 4.24. The molecule has 20 heavy (non-hydrogen) atoms. The van der Waals surface area contributed by atoms with Gasteiger partial charge in [0.15, 0.2) is 0 Å². The molecule has 0 spiro atoms. The van der Waals surface area contributed by atoms with Crippen LogP contribution in [0.5, 0.6) is 0 Å². The minimum Gasteiger partial charge on any atom is -0.350 e. The van der Waals surface area contributed by atoms with Gasteiger partial charge in [-0.3, -0.25) is 4.90 Å². The summed E-state index contributed by atoms with van der Waals surface area (Å²) in [4.78, 5) is 11.0. The molecule has 1 unspecified atom stereocenters. The SMILES string of the molecule is c1ccc(CN2CCCC(Nc3ncccn3)C2)cc1. The Morgan fingerprint density at radius 2 is 1.90 bits per heavy atom. The van der Waals surface area contributed by atoms with Gasteiger partial charge in [-0.05, 0) is 31.0 Å². The summed E-state index contributed by atoms with van der Waals surface area (Å²) in [6, 6.07) is 12.9. The van der Waals surface area contributed by atoms with E-state index in [-0.39, 0.29) is 0 Å². The van der Waals surface area contributed by atoms with Gasteiger partial charge in [-0.2, -0.15) is 0 Å². The van der Waals surface area contributed by atoms with Gasteiger partial charge in [0.1, 0.15) is 0 Å². The van der Waals surface area contributed by atoms with Gasteiger partial charge in [-0.25, -0.2) is 9.97 Å². The second-order valence-electron chi connectivity index (χ2n) is 5.28. The Bertz CT molecular complexity index is 467. The Morgan fingerprint density at radius 3 is 2.70 bits per heavy atom. The lowest BCUT2D eigenvalue weighted by Gasteiger charge is -2.33. The van der Waals surface area contributed by atoms with E-state index in [1.54, 1.807) is 12.4 Å². The van der Waals surface area contributed by atoms with E-state index in [9.17, 15) is 0 Å². The molecule has 0 saturated carbocycles. The molecule has 3 rings (SSSR count). The van der Waals surface area contributed by atoms with E-state index in [1.165, 1.54) is 24.9 Å². The van der Waals surface area contributed by atoms with Gasteiger partial charge in [0.2, 0.25) is 5.95 Å². The second-order valence-corrected chi connectivity index (χ2v) is 5.28. The van der Waals surface area contributed by atoms with Gasteiger partial charge >= 0.3 is 0 Å². The molecule has 0 bridgehead atoms. The number of aromatic nitrogens is 2. The molecule has 0 aliphatic carbocycles. The summed E-state index contributed by atoms with van der Waals surface area (Å²) < 4.78 is 0. The van der Waals surface area contributed by atoms with Crippen molar-refractivity contribution in [3.8, 4) is 0 Å². The molecule has 1 aliphatic heterocycles. The van der Waals surface area contributed by atoms with Crippen molar-refractivity contribution in [3.05, 3.63) is 54.4 Å². The monoisotopic (exact) mass is 268 g/mol. The third-order valence-electron chi connectivity index (χ3n) is 3.65. The van der Waals surface area contributed by atoms with E-state index in [1.807, 2.05) is 6.07 Å². The topological polar surface area (TPSA) is 41.0 Å². The average molecular weight is 268 g/mol. The van der Waals surface area contributed by atoms with Crippen LogP contribution in [-0.4, -0.2) is 34.0 Å². The van der Waals surface area contributed by atoms with Crippen molar-refractivity contribution >= 4 is 5.95 Å². The fourth-order valence-electron chi connectivity index (χ4n) is 2.71. The molecule has 1 N–H and O–H groups in total. The molecule has 2 heterocycles. The van der Waals surface area contributed by atoms with Gasteiger partial charge in [-0.1, -0.05) is 30.3 Å². The summed E-state index contributed by atoms with van der Waals surface area (Å²) >= 11 is 0. The van der Waals surface area contributed by atoms with Crippen LogP contribution in [0.3, 0.4) is 0 Å². The first-order chi connectivity index (χ1) is 9.90. The second kappa shape index (κ2) is 6.48. The van der Waals surface area contributed by atoms with Crippen molar-refractivity contribution in [1.29, 1.82) is 0 Å². The zero-order valence-electron chi connectivity index (χ0n) is 11.6. The molecule has 0 amide bonds. The molecule has 1 saturated heterocycles. The fraction of sp³-hybridized carbons (Fsp3) is 0.375. The molecular weight excluding hydrogens is 248 g/mol. The number of benzene rings is 1. The summed E-state index contributed by atoms with van der Waals surface area (Å²) in [5.41, 5.74) is 1.38. The Balaban J connectivity index is 1.57. The van der Waals surface area contributed by atoms with Crippen LogP contribution in [0, 0.1) is 0 Å². The Labute approximate surface area is 119 Å². The molecule has 0 radical (unpaired) electrons. The first kappa shape index (κ1) is 13.1. The summed E-state index contributed by atoms with van der Waals surface area (Å²) in [6.07, 6.45) is 5.96. The van der Waals surface area contributed by atoms with Crippen LogP contribution in [0.4, 0.5) is 5.95 Å². The highest BCUT2D eigenvalue weighted by molar-refractivity contribution is 5.24. The van der Waals surface area contributed by atoms with Gasteiger partial charge in [0, 0.05) is 31.5 Å². The number of hydrogen-bond acceptors (Lipinski definition) is 4. The number of hydrogen-bond donors (Lipinski definition) is 1. The Morgan fingerprint density at radius 1 is 1.10 bits per heavy atom. The molecule has 4 nitrogen and oxygen atoms in total. The van der Waals surface area contributed by atoms with Crippen molar-refractivity contribution in [2.45, 2.75) is 25.4 Å². The third-order valence-corrected chi connectivity index (χ3v) is 3.65. The number of nitrogens with one attached hydrogen (secondary N) is 1. The van der Waals surface area contributed by atoms with Crippen molar-refractivity contribution in [1.82, 2.24) is 14.9 Å². The summed E-state index contributed by atoms with van der Waals surface area (Å²) in [7, 11) is 0. The molecule has 1 aromatic heterocycles. The first-order valence-corrected chi connectivity index (χ1v) is 7.20. The van der Waals surface area contributed by atoms with Crippen molar-refractivity contribution in [2.75, 3.05) is 18.4 Å². The fourth-order valence-corrected chi connectivity index (χ4v) is 2.71. The zero-order valence-corrected chi connectivity index (χ0v) is 11.6. The molecular formula is C16H20N4. The minimum absolute atomic E-state index is 0.440. The van der Waals surface area contributed by atoms with Crippen LogP contribution < -0.4 is 5.32 Å². The van der Waals surface area contributed by atoms with Crippen LogP contribution in [-0.2, 0) is 6.54 Å². The van der Waals surface area contributed by atoms with Crippen molar-refractivity contribution in [3.63, 3.8) is 0 Å². The van der Waals surface area contributed by atoms with Gasteiger partial charge in [0.05, 0.1) is 0 Å². The van der Waals surface area contributed by atoms with E-state index < -0.39 is 0 Å². The van der Waals surface area contributed by atoms with Crippen LogP contribution in [0.25, 0.3) is 0 Å². The number of likely N-dealkylation sites (tertiary alicyclic amines) is 1.